The molecule has 32 heavy (non-hydrogen) atoms. The molecule has 0 spiro atoms. The van der Waals surface area contributed by atoms with Crippen LogP contribution in [0, 0.1) is 18.7 Å². The first-order valence-electron chi connectivity index (χ1n) is 9.07. The van der Waals surface area contributed by atoms with Crippen LogP contribution in [0.25, 0.3) is 0 Å². The van der Waals surface area contributed by atoms with E-state index in [1.54, 1.807) is 0 Å². The average molecular weight is 495 g/mol. The zero-order valence-electron chi connectivity index (χ0n) is 16.4. The lowest BCUT2D eigenvalue weighted by Crippen LogP contribution is -2.62. The molecule has 0 saturated carbocycles. The molecule has 2 rings (SSSR count). The van der Waals surface area contributed by atoms with Crippen LogP contribution in [0.2, 0.25) is 0 Å². The van der Waals surface area contributed by atoms with Crippen LogP contribution in [-0.2, 0) is 11.3 Å². The zero-order chi connectivity index (χ0) is 24.4. The fraction of sp³-hybridized carbons (Fsp3) is 0.556. The number of alkyl halides is 6. The van der Waals surface area contributed by atoms with Crippen LogP contribution in [0.3, 0.4) is 0 Å². The first kappa shape index (κ1) is 26.0. The highest BCUT2D eigenvalue weighted by Gasteiger charge is 2.62. The topological polar surface area (TPSA) is 70.1 Å². The van der Waals surface area contributed by atoms with Crippen LogP contribution in [-0.4, -0.2) is 70.9 Å². The van der Waals surface area contributed by atoms with Crippen LogP contribution in [0.1, 0.15) is 11.1 Å². The standard InChI is InChI=1S/C18H18ClF7N2O4/c1-9-2-3-10(14(13(9)20)32-8-12(19)29)6-27-4-5-28(16(30)31)11(7-27)15(17(21,22)23)18(24,25)26/h2-3,11,15H,4-8H2,1H3,(H,30,31). The second-order valence-electron chi connectivity index (χ2n) is 7.17. The number of aryl methyl sites for hydroxylation is 1. The van der Waals surface area contributed by atoms with Crippen LogP contribution in [0.5, 0.6) is 5.75 Å². The summed E-state index contributed by atoms with van der Waals surface area (Å²) in [5.41, 5.74) is 0.165. The molecule has 180 valence electrons. The van der Waals surface area contributed by atoms with Gasteiger partial charge in [0.25, 0.3) is 5.24 Å². The SMILES string of the molecule is Cc1ccc(CN2CCN(C(=O)O)C(C(C(F)(F)F)C(F)(F)F)C2)c(OCC(=O)Cl)c1F. The molecule has 1 aromatic rings. The van der Waals surface area contributed by atoms with E-state index < -0.39 is 66.9 Å². The van der Waals surface area contributed by atoms with Gasteiger partial charge >= 0.3 is 18.4 Å². The van der Waals surface area contributed by atoms with E-state index in [0.717, 1.165) is 4.90 Å². The molecule has 0 radical (unpaired) electrons. The average Bonchev–Trinajstić information content (AvgIpc) is 2.61. The molecule has 1 aliphatic heterocycles. The highest BCUT2D eigenvalue weighted by molar-refractivity contribution is 6.63. The molecule has 0 aromatic heterocycles. The third-order valence-electron chi connectivity index (χ3n) is 4.93. The maximum Gasteiger partial charge on any atom is 0.407 e. The summed E-state index contributed by atoms with van der Waals surface area (Å²) in [6.07, 6.45) is -13.4. The molecule has 0 aliphatic carbocycles. The molecule has 1 amide bonds. The highest BCUT2D eigenvalue weighted by Crippen LogP contribution is 2.44. The van der Waals surface area contributed by atoms with Crippen molar-refractivity contribution in [3.05, 3.63) is 29.1 Å². The summed E-state index contributed by atoms with van der Waals surface area (Å²) in [6, 6.07) is 0.195. The second-order valence-corrected chi connectivity index (χ2v) is 7.59. The maximum atomic E-state index is 14.5. The van der Waals surface area contributed by atoms with Gasteiger partial charge in [-0.05, 0) is 24.1 Å². The van der Waals surface area contributed by atoms with E-state index in [1.807, 2.05) is 0 Å². The van der Waals surface area contributed by atoms with Crippen LogP contribution in [0.4, 0.5) is 35.5 Å². The van der Waals surface area contributed by atoms with Gasteiger partial charge in [0.1, 0.15) is 0 Å². The van der Waals surface area contributed by atoms with Crippen LogP contribution < -0.4 is 4.74 Å². The lowest BCUT2D eigenvalue weighted by molar-refractivity contribution is -0.300. The Bertz CT molecular complexity index is 849. The first-order valence-corrected chi connectivity index (χ1v) is 9.45. The molecule has 1 aliphatic rings. The van der Waals surface area contributed by atoms with E-state index in [-0.39, 0.29) is 29.1 Å². The Morgan fingerprint density at radius 3 is 2.28 bits per heavy atom. The number of piperazine rings is 1. The van der Waals surface area contributed by atoms with E-state index in [2.05, 4.69) is 0 Å². The van der Waals surface area contributed by atoms with Crippen LogP contribution in [0.15, 0.2) is 12.1 Å². The van der Waals surface area contributed by atoms with Crippen molar-refractivity contribution in [1.82, 2.24) is 9.80 Å². The number of rotatable bonds is 6. The molecule has 0 bridgehead atoms. The monoisotopic (exact) mass is 494 g/mol. The quantitative estimate of drug-likeness (QED) is 0.474. The maximum absolute atomic E-state index is 14.5. The van der Waals surface area contributed by atoms with Crippen molar-refractivity contribution in [1.29, 1.82) is 0 Å². The molecular weight excluding hydrogens is 477 g/mol. The predicted octanol–water partition coefficient (Wildman–Crippen LogP) is 4.18. The molecule has 1 N–H and O–H groups in total. The summed E-state index contributed by atoms with van der Waals surface area (Å²) in [5, 5.41) is 8.20. The summed E-state index contributed by atoms with van der Waals surface area (Å²) in [7, 11) is 0. The van der Waals surface area contributed by atoms with E-state index in [1.165, 1.54) is 19.1 Å². The molecule has 14 heteroatoms. The molecular formula is C18H18ClF7N2O4. The number of carboxylic acid groups (broad SMARTS) is 1. The summed E-state index contributed by atoms with van der Waals surface area (Å²) < 4.78 is 99.1. The number of amides is 1. The van der Waals surface area contributed by atoms with E-state index >= 15 is 0 Å². The third-order valence-corrected chi connectivity index (χ3v) is 5.04. The van der Waals surface area contributed by atoms with Gasteiger partial charge in [-0.3, -0.25) is 9.69 Å². The largest absolute Gasteiger partial charge is 0.481 e. The van der Waals surface area contributed by atoms with Crippen molar-refractivity contribution in [2.75, 3.05) is 26.2 Å². The number of halogens is 8. The summed E-state index contributed by atoms with van der Waals surface area (Å²) in [6.45, 7) is -1.45. The Morgan fingerprint density at radius 2 is 1.78 bits per heavy atom. The molecule has 1 aromatic carbocycles. The Labute approximate surface area is 182 Å². The number of hydrogen-bond acceptors (Lipinski definition) is 4. The lowest BCUT2D eigenvalue weighted by atomic mass is 9.94. The van der Waals surface area contributed by atoms with Gasteiger partial charge in [0, 0.05) is 31.7 Å². The van der Waals surface area contributed by atoms with Crippen molar-refractivity contribution < 1.29 is 50.2 Å². The number of nitrogens with zero attached hydrogens (tertiary/aromatic N) is 2. The van der Waals surface area contributed by atoms with Gasteiger partial charge < -0.3 is 14.7 Å². The fourth-order valence-corrected chi connectivity index (χ4v) is 3.56. The second kappa shape index (κ2) is 9.69. The van der Waals surface area contributed by atoms with Crippen molar-refractivity contribution in [2.24, 2.45) is 5.92 Å². The predicted molar refractivity (Wildman–Crippen MR) is 96.9 cm³/mol. The third kappa shape index (κ3) is 6.15. The Hall–Kier alpha value is -2.28. The minimum absolute atomic E-state index is 0.0455. The first-order chi connectivity index (χ1) is 14.6. The molecule has 1 fully saturated rings. The van der Waals surface area contributed by atoms with Gasteiger partial charge in [-0.2, -0.15) is 26.3 Å². The number of carbonyl (C=O) groups excluding carboxylic acids is 1. The summed E-state index contributed by atoms with van der Waals surface area (Å²) in [5.74, 6) is -5.20. The molecule has 1 unspecified atom stereocenters. The van der Waals surface area contributed by atoms with Gasteiger partial charge in [-0.25, -0.2) is 9.18 Å². The number of benzene rings is 1. The Morgan fingerprint density at radius 1 is 1.19 bits per heavy atom. The molecule has 6 nitrogen and oxygen atoms in total. The smallest absolute Gasteiger partial charge is 0.407 e. The van der Waals surface area contributed by atoms with Gasteiger partial charge in [-0.15, -0.1) is 0 Å². The van der Waals surface area contributed by atoms with Gasteiger partial charge in [-0.1, -0.05) is 12.1 Å². The molecule has 1 heterocycles. The Kier molecular flexibility index (Phi) is 7.87. The fourth-order valence-electron chi connectivity index (χ4n) is 3.50. The van der Waals surface area contributed by atoms with Gasteiger partial charge in [0.05, 0.1) is 6.04 Å². The zero-order valence-corrected chi connectivity index (χ0v) is 17.2. The van der Waals surface area contributed by atoms with E-state index in [9.17, 15) is 40.3 Å². The van der Waals surface area contributed by atoms with Crippen molar-refractivity contribution in [2.45, 2.75) is 31.9 Å². The molecule has 1 atom stereocenters. The van der Waals surface area contributed by atoms with E-state index in [0.29, 0.717) is 0 Å². The minimum atomic E-state index is -5.75. The Balaban J connectivity index is 2.36. The van der Waals surface area contributed by atoms with Gasteiger partial charge in [0.15, 0.2) is 24.1 Å². The van der Waals surface area contributed by atoms with Crippen molar-refractivity contribution >= 4 is 22.9 Å². The minimum Gasteiger partial charge on any atom is -0.481 e. The summed E-state index contributed by atoms with van der Waals surface area (Å²) >= 11 is 5.18. The summed E-state index contributed by atoms with van der Waals surface area (Å²) in [4.78, 5) is 23.5. The lowest BCUT2D eigenvalue weighted by Gasteiger charge is -2.44. The number of hydrogen-bond donors (Lipinski definition) is 1. The van der Waals surface area contributed by atoms with Crippen molar-refractivity contribution in [3.63, 3.8) is 0 Å². The van der Waals surface area contributed by atoms with Crippen LogP contribution >= 0.6 is 11.6 Å². The highest BCUT2D eigenvalue weighted by atomic mass is 35.5. The normalized spacial score (nSPS) is 18.2. The number of carbonyl (C=O) groups is 2. The number of ether oxygens (including phenoxy) is 1. The van der Waals surface area contributed by atoms with Crippen molar-refractivity contribution in [3.8, 4) is 5.75 Å². The van der Waals surface area contributed by atoms with Gasteiger partial charge in [0.2, 0.25) is 0 Å². The molecule has 1 saturated heterocycles. The van der Waals surface area contributed by atoms with E-state index in [4.69, 9.17) is 21.4 Å².